The van der Waals surface area contributed by atoms with Crippen LogP contribution in [0.5, 0.6) is 0 Å². The number of fused-ring (bicyclic) bond motifs is 1. The minimum Gasteiger partial charge on any atom is -0.428 e. The minimum atomic E-state index is -0.424. The van der Waals surface area contributed by atoms with E-state index in [1.165, 1.54) is 0 Å². The maximum Gasteiger partial charge on any atom is 0.411 e. The summed E-state index contributed by atoms with van der Waals surface area (Å²) in [5.74, 6) is 0. The summed E-state index contributed by atoms with van der Waals surface area (Å²) in [6.45, 7) is 1.33. The van der Waals surface area contributed by atoms with E-state index in [-0.39, 0.29) is 18.8 Å². The molecule has 27 heavy (non-hydrogen) atoms. The van der Waals surface area contributed by atoms with Gasteiger partial charge in [0.05, 0.1) is 30.7 Å². The van der Waals surface area contributed by atoms with Crippen LogP contribution in [-0.4, -0.2) is 31.7 Å². The van der Waals surface area contributed by atoms with Crippen molar-refractivity contribution in [3.8, 4) is 0 Å². The highest BCUT2D eigenvalue weighted by atomic mass is 16.6. The summed E-state index contributed by atoms with van der Waals surface area (Å²) < 4.78 is 8.68. The third-order valence-electron chi connectivity index (χ3n) is 4.65. The van der Waals surface area contributed by atoms with E-state index in [1.807, 2.05) is 54.9 Å². The van der Waals surface area contributed by atoms with E-state index in [0.717, 1.165) is 11.3 Å². The molecule has 0 N–H and O–H groups in total. The quantitative estimate of drug-likeness (QED) is 0.712. The molecule has 2 aromatic heterocycles. The molecular weight excluding hydrogens is 344 g/mol. The Morgan fingerprint density at radius 1 is 1.11 bits per heavy atom. The first-order valence-corrected chi connectivity index (χ1v) is 8.84. The zero-order chi connectivity index (χ0) is 18.6. The second-order valence-electron chi connectivity index (χ2n) is 6.50. The van der Waals surface area contributed by atoms with E-state index in [0.29, 0.717) is 25.1 Å². The van der Waals surface area contributed by atoms with E-state index in [2.05, 4.69) is 4.98 Å². The van der Waals surface area contributed by atoms with Crippen LogP contribution < -0.4 is 5.56 Å². The molecule has 7 heteroatoms. The van der Waals surface area contributed by atoms with Gasteiger partial charge < -0.3 is 14.2 Å². The average Bonchev–Trinajstić information content (AvgIpc) is 3.22. The van der Waals surface area contributed by atoms with Crippen LogP contribution in [0.4, 0.5) is 4.79 Å². The number of carbonyl (C=O) groups is 1. The Morgan fingerprint density at radius 3 is 2.67 bits per heavy atom. The van der Waals surface area contributed by atoms with Gasteiger partial charge in [-0.05, 0) is 17.7 Å². The van der Waals surface area contributed by atoms with Crippen LogP contribution in [0.2, 0.25) is 0 Å². The number of benzene rings is 1. The van der Waals surface area contributed by atoms with Crippen molar-refractivity contribution in [1.29, 1.82) is 0 Å². The number of carbonyl (C=O) groups excluding carboxylic acids is 1. The fraction of sp³-hybridized carbons (Fsp3) is 0.250. The third kappa shape index (κ3) is 3.76. The van der Waals surface area contributed by atoms with Gasteiger partial charge in [0.25, 0.3) is 5.56 Å². The normalized spacial score (nSPS) is 13.3. The first kappa shape index (κ1) is 17.1. The summed E-state index contributed by atoms with van der Waals surface area (Å²) in [5.41, 5.74) is 2.25. The predicted molar refractivity (Wildman–Crippen MR) is 99.1 cm³/mol. The maximum absolute atomic E-state index is 12.9. The second-order valence-corrected chi connectivity index (χ2v) is 6.50. The molecule has 1 aromatic carbocycles. The number of rotatable bonds is 4. The van der Waals surface area contributed by atoms with Crippen molar-refractivity contribution in [3.05, 3.63) is 88.4 Å². The maximum atomic E-state index is 12.9. The largest absolute Gasteiger partial charge is 0.428 e. The van der Waals surface area contributed by atoms with Crippen molar-refractivity contribution < 1.29 is 9.53 Å². The summed E-state index contributed by atoms with van der Waals surface area (Å²) in [5, 5.41) is 0. The molecule has 0 spiro atoms. The Bertz CT molecular complexity index is 980. The molecule has 4 rings (SSSR count). The van der Waals surface area contributed by atoms with Gasteiger partial charge in [-0.3, -0.25) is 9.36 Å². The summed E-state index contributed by atoms with van der Waals surface area (Å²) in [7, 11) is 0. The fourth-order valence-electron chi connectivity index (χ4n) is 3.18. The molecule has 7 nitrogen and oxygen atoms in total. The topological polar surface area (TPSA) is 69.4 Å². The van der Waals surface area contributed by atoms with Crippen LogP contribution in [0.25, 0.3) is 0 Å². The van der Waals surface area contributed by atoms with Gasteiger partial charge in [-0.25, -0.2) is 9.78 Å². The van der Waals surface area contributed by atoms with Crippen LogP contribution in [0, 0.1) is 0 Å². The Hall–Kier alpha value is -3.35. The van der Waals surface area contributed by atoms with Gasteiger partial charge in [0, 0.05) is 25.4 Å². The Kier molecular flexibility index (Phi) is 4.74. The molecule has 0 saturated carbocycles. The Labute approximate surface area is 156 Å². The number of nitrogens with zero attached hydrogens (tertiary/aromatic N) is 4. The van der Waals surface area contributed by atoms with Crippen molar-refractivity contribution in [1.82, 2.24) is 19.0 Å². The molecule has 3 heterocycles. The van der Waals surface area contributed by atoms with E-state index in [1.54, 1.807) is 20.4 Å². The molecule has 1 aliphatic rings. The van der Waals surface area contributed by atoms with E-state index in [9.17, 15) is 9.59 Å². The molecule has 0 bridgehead atoms. The smallest absolute Gasteiger partial charge is 0.411 e. The zero-order valence-electron chi connectivity index (χ0n) is 14.8. The molecule has 0 saturated heterocycles. The summed E-state index contributed by atoms with van der Waals surface area (Å²) in [4.78, 5) is 31.2. The van der Waals surface area contributed by atoms with Gasteiger partial charge in [0.15, 0.2) is 6.73 Å². The number of amides is 1. The van der Waals surface area contributed by atoms with Gasteiger partial charge in [-0.1, -0.05) is 30.3 Å². The highest BCUT2D eigenvalue weighted by molar-refractivity contribution is 5.67. The van der Waals surface area contributed by atoms with Crippen LogP contribution in [0.1, 0.15) is 16.8 Å². The second kappa shape index (κ2) is 7.49. The van der Waals surface area contributed by atoms with Crippen molar-refractivity contribution >= 4 is 6.09 Å². The Balaban J connectivity index is 1.48. The molecule has 0 aliphatic carbocycles. The average molecular weight is 364 g/mol. The third-order valence-corrected chi connectivity index (χ3v) is 4.65. The van der Waals surface area contributed by atoms with Crippen LogP contribution in [0.15, 0.2) is 66.0 Å². The SMILES string of the molecule is O=C(OCn1cccc1)N1CCc2ncn(Cc3ccccc3)c(=O)c2C1. The molecule has 0 atom stereocenters. The molecule has 1 amide bonds. The molecule has 3 aromatic rings. The van der Waals surface area contributed by atoms with Crippen LogP contribution in [-0.2, 0) is 31.0 Å². The van der Waals surface area contributed by atoms with Gasteiger partial charge in [0.1, 0.15) is 0 Å². The summed E-state index contributed by atoms with van der Waals surface area (Å²) in [6, 6.07) is 13.5. The molecule has 138 valence electrons. The van der Waals surface area contributed by atoms with Gasteiger partial charge in [-0.15, -0.1) is 0 Å². The highest BCUT2D eigenvalue weighted by Gasteiger charge is 2.25. The van der Waals surface area contributed by atoms with Crippen LogP contribution >= 0.6 is 0 Å². The van der Waals surface area contributed by atoms with Crippen molar-refractivity contribution in [2.75, 3.05) is 6.54 Å². The van der Waals surface area contributed by atoms with Gasteiger partial charge in [-0.2, -0.15) is 0 Å². The molecule has 0 unspecified atom stereocenters. The highest BCUT2D eigenvalue weighted by Crippen LogP contribution is 2.15. The van der Waals surface area contributed by atoms with E-state index >= 15 is 0 Å². The monoisotopic (exact) mass is 364 g/mol. The fourth-order valence-corrected chi connectivity index (χ4v) is 3.18. The molecular formula is C20H20N4O3. The van der Waals surface area contributed by atoms with Crippen molar-refractivity contribution in [2.24, 2.45) is 0 Å². The predicted octanol–water partition coefficient (Wildman–Crippen LogP) is 2.25. The van der Waals surface area contributed by atoms with Crippen molar-refractivity contribution in [2.45, 2.75) is 26.2 Å². The minimum absolute atomic E-state index is 0.105. The number of hydrogen-bond donors (Lipinski definition) is 0. The lowest BCUT2D eigenvalue weighted by Gasteiger charge is -2.27. The zero-order valence-corrected chi connectivity index (χ0v) is 14.8. The molecule has 0 radical (unpaired) electrons. The number of ether oxygens (including phenoxy) is 1. The lowest BCUT2D eigenvalue weighted by Crippen LogP contribution is -2.41. The lowest BCUT2D eigenvalue weighted by atomic mass is 10.1. The molecule has 0 fully saturated rings. The summed E-state index contributed by atoms with van der Waals surface area (Å²) >= 11 is 0. The summed E-state index contributed by atoms with van der Waals surface area (Å²) in [6.07, 6.45) is 5.37. The van der Waals surface area contributed by atoms with Crippen LogP contribution in [0.3, 0.4) is 0 Å². The first-order valence-electron chi connectivity index (χ1n) is 8.84. The standard InChI is InChI=1S/C20H20N4O3/c25-19-17-13-23(20(26)27-15-22-9-4-5-10-22)11-8-18(17)21-14-24(19)12-16-6-2-1-3-7-16/h1-7,9-10,14H,8,11-13,15H2. The lowest BCUT2D eigenvalue weighted by molar-refractivity contribution is 0.0715. The number of aromatic nitrogens is 3. The molecule has 1 aliphatic heterocycles. The van der Waals surface area contributed by atoms with E-state index < -0.39 is 6.09 Å². The van der Waals surface area contributed by atoms with Gasteiger partial charge in [0.2, 0.25) is 0 Å². The number of hydrogen-bond acceptors (Lipinski definition) is 4. The first-order chi connectivity index (χ1) is 13.2. The van der Waals surface area contributed by atoms with Gasteiger partial charge >= 0.3 is 6.09 Å². The Morgan fingerprint density at radius 2 is 1.89 bits per heavy atom. The van der Waals surface area contributed by atoms with Crippen molar-refractivity contribution in [3.63, 3.8) is 0 Å². The van der Waals surface area contributed by atoms with E-state index in [4.69, 9.17) is 4.74 Å².